The van der Waals surface area contributed by atoms with Gasteiger partial charge in [0.15, 0.2) is 0 Å². The van der Waals surface area contributed by atoms with Crippen LogP contribution in [0, 0.1) is 0 Å². The van der Waals surface area contributed by atoms with Crippen molar-refractivity contribution >= 4 is 151 Å². The Hall–Kier alpha value is 0.450. The fourth-order valence-corrected chi connectivity index (χ4v) is 5.80. The van der Waals surface area contributed by atoms with Gasteiger partial charge in [0.25, 0.3) is 20.2 Å². The third-order valence-electron chi connectivity index (χ3n) is 4.63. The van der Waals surface area contributed by atoms with E-state index >= 15 is 0 Å². The number of benzene rings is 4. The Bertz CT molecular complexity index is 1630. The maximum absolute atomic E-state index is 12.0. The van der Waals surface area contributed by atoms with E-state index in [2.05, 4.69) is 0 Å². The first-order valence-corrected chi connectivity index (χ1v) is 12.1. The molecule has 0 aromatic heterocycles. The molecule has 0 amide bonds. The van der Waals surface area contributed by atoms with E-state index in [1.165, 1.54) is 24.3 Å². The number of phenols is 1. The number of hydrogen-bond donors (Lipinski definition) is 4. The number of rotatable bonds is 3. The van der Waals surface area contributed by atoms with Crippen molar-refractivity contribution in [2.75, 3.05) is 0 Å². The van der Waals surface area contributed by atoms with Gasteiger partial charge >= 0.3 is 88.7 Å². The van der Waals surface area contributed by atoms with Crippen molar-refractivity contribution in [1.82, 2.24) is 0 Å². The van der Waals surface area contributed by atoms with E-state index in [1.807, 2.05) is 0 Å². The second-order valence-corrected chi connectivity index (χ2v) is 10.6. The summed E-state index contributed by atoms with van der Waals surface area (Å²) in [5.41, 5.74) is 0. The zero-order valence-corrected chi connectivity index (χ0v) is 16.5. The summed E-state index contributed by atoms with van der Waals surface area (Å²) >= 11 is 0. The van der Waals surface area contributed by atoms with Gasteiger partial charge in [-0.25, -0.2) is 13.6 Å². The average molecular weight is 529 g/mol. The van der Waals surface area contributed by atoms with Gasteiger partial charge in [0.05, 0.1) is 4.90 Å². The molecule has 0 aliphatic carbocycles. The van der Waals surface area contributed by atoms with Gasteiger partial charge in [-0.1, -0.05) is 18.2 Å². The number of phenolic OH excluding ortho intramolecular Hbond substituents is 1. The van der Waals surface area contributed by atoms with Crippen molar-refractivity contribution < 1.29 is 39.5 Å². The summed E-state index contributed by atoms with van der Waals surface area (Å²) in [6.45, 7) is 0. The van der Waals surface area contributed by atoms with Gasteiger partial charge in [0, 0.05) is 38.4 Å². The molecule has 0 aliphatic rings. The van der Waals surface area contributed by atoms with Crippen molar-refractivity contribution in [2.45, 2.75) is 14.7 Å². The van der Waals surface area contributed by atoms with Gasteiger partial charge in [-0.05, 0) is 12.1 Å². The maximum atomic E-state index is 12.0. The second kappa shape index (κ2) is 9.84. The van der Waals surface area contributed by atoms with Crippen LogP contribution in [0.15, 0.2) is 51.1 Å². The van der Waals surface area contributed by atoms with Crippen molar-refractivity contribution in [1.29, 1.82) is 0 Å². The zero-order valence-electron chi connectivity index (χ0n) is 14.1. The number of hydrogen-bond acceptors (Lipinski definition) is 7. The Kier molecular flexibility index (Phi) is 9.37. The van der Waals surface area contributed by atoms with Crippen molar-refractivity contribution in [3.8, 4) is 5.75 Å². The number of sulfonamides is 1. The number of nitrogens with two attached hydrogens (primary N) is 1. The van der Waals surface area contributed by atoms with Crippen LogP contribution in [-0.2, 0) is 30.3 Å². The van der Waals surface area contributed by atoms with Crippen LogP contribution in [0.5, 0.6) is 5.75 Å². The molecule has 0 fully saturated rings. The monoisotopic (exact) mass is 529 g/mol. The summed E-state index contributed by atoms with van der Waals surface area (Å²) in [7, 11) is -14.2. The van der Waals surface area contributed by atoms with E-state index in [1.54, 1.807) is 0 Å². The summed E-state index contributed by atoms with van der Waals surface area (Å²) in [6.07, 6.45) is 0. The molecule has 158 valence electrons. The molecule has 16 heteroatoms. The van der Waals surface area contributed by atoms with Gasteiger partial charge < -0.3 is 5.11 Å². The molecule has 0 radical (unpaired) electrons. The summed E-state index contributed by atoms with van der Waals surface area (Å²) in [6, 6.07) is 6.43. The molecule has 0 atom stereocenters. The molecular weight excluding hydrogens is 515 g/mol. The number of aromatic hydroxyl groups is 1. The molecule has 4 aromatic carbocycles. The molecule has 10 nitrogen and oxygen atoms in total. The van der Waals surface area contributed by atoms with Gasteiger partial charge in [-0.2, -0.15) is 16.8 Å². The van der Waals surface area contributed by atoms with Crippen LogP contribution in [0.2, 0.25) is 0 Å². The third-order valence-corrected chi connectivity index (χ3v) is 7.36. The minimum atomic E-state index is -4.94. The van der Waals surface area contributed by atoms with E-state index in [9.17, 15) is 39.5 Å². The molecule has 0 saturated carbocycles. The van der Waals surface area contributed by atoms with Crippen LogP contribution in [0.1, 0.15) is 0 Å². The molecule has 4 aromatic rings. The Labute approximate surface area is 249 Å². The molecule has 0 bridgehead atoms. The quantitative estimate of drug-likeness (QED) is 0.154. The SMILES string of the molecule is NS(=O)(=O)c1cc(O)c2ccc3c(S(=O)(=O)O)cc(S(=O)(=O)O)c4ccc1c2c34.[NaH].[NaH].[NaH]. The van der Waals surface area contributed by atoms with Gasteiger partial charge in [0.1, 0.15) is 15.5 Å². The van der Waals surface area contributed by atoms with Crippen LogP contribution in [-0.4, -0.2) is 128 Å². The van der Waals surface area contributed by atoms with Crippen LogP contribution in [0.4, 0.5) is 0 Å². The molecular formula is C16H14NNa3O9S3. The third kappa shape index (κ3) is 5.03. The first-order valence-electron chi connectivity index (χ1n) is 7.66. The van der Waals surface area contributed by atoms with Crippen molar-refractivity contribution in [3.05, 3.63) is 36.4 Å². The Balaban J connectivity index is 0.00000171. The van der Waals surface area contributed by atoms with Crippen LogP contribution >= 0.6 is 0 Å². The van der Waals surface area contributed by atoms with E-state index in [4.69, 9.17) is 5.14 Å². The molecule has 4 rings (SSSR count). The predicted molar refractivity (Wildman–Crippen MR) is 124 cm³/mol. The summed E-state index contributed by atoms with van der Waals surface area (Å²) in [4.78, 5) is -2.09. The van der Waals surface area contributed by atoms with E-state index < -0.39 is 50.7 Å². The van der Waals surface area contributed by atoms with Crippen LogP contribution in [0.25, 0.3) is 32.3 Å². The normalized spacial score (nSPS) is 12.3. The van der Waals surface area contributed by atoms with Gasteiger partial charge in [0.2, 0.25) is 10.0 Å². The Morgan fingerprint density at radius 3 is 1.31 bits per heavy atom. The first kappa shape index (κ1) is 30.5. The fourth-order valence-electron chi connectivity index (χ4n) is 3.54. The second-order valence-electron chi connectivity index (χ2n) is 6.33. The van der Waals surface area contributed by atoms with Crippen molar-refractivity contribution in [2.24, 2.45) is 5.14 Å². The fraction of sp³-hybridized carbons (Fsp3) is 0. The average Bonchev–Trinajstić information content (AvgIpc) is 2.57. The topological polar surface area (TPSA) is 189 Å². The van der Waals surface area contributed by atoms with Crippen molar-refractivity contribution in [3.63, 3.8) is 0 Å². The Morgan fingerprint density at radius 1 is 0.594 bits per heavy atom. The molecule has 0 heterocycles. The predicted octanol–water partition coefficient (Wildman–Crippen LogP) is -0.515. The first-order chi connectivity index (χ1) is 13.2. The molecule has 0 aliphatic heterocycles. The van der Waals surface area contributed by atoms with Crippen LogP contribution in [0.3, 0.4) is 0 Å². The molecule has 0 unspecified atom stereocenters. The molecule has 0 saturated heterocycles. The Morgan fingerprint density at radius 2 is 0.938 bits per heavy atom. The summed E-state index contributed by atoms with van der Waals surface area (Å²) in [5.74, 6) is -0.499. The van der Waals surface area contributed by atoms with E-state index in [0.717, 1.165) is 6.07 Å². The molecule has 0 spiro atoms. The molecule has 5 N–H and O–H groups in total. The van der Waals surface area contributed by atoms with Gasteiger partial charge in [-0.3, -0.25) is 9.11 Å². The summed E-state index contributed by atoms with van der Waals surface area (Å²) in [5, 5.41) is 15.2. The zero-order chi connectivity index (χ0) is 21.5. The summed E-state index contributed by atoms with van der Waals surface area (Å²) < 4.78 is 90.6. The van der Waals surface area contributed by atoms with E-state index in [0.29, 0.717) is 6.07 Å². The van der Waals surface area contributed by atoms with Gasteiger partial charge in [-0.15, -0.1) is 0 Å². The minimum absolute atomic E-state index is 0. The standard InChI is InChI=1S/C16H11NO9S3.3Na.3H/c17-27(19,20)12-5-11(18)7-1-2-9-13(28(21,22)23)6-14(29(24,25)26)10-4-3-8(12)15(7)16(9)10;;;;;;/h1-6,18H,(H2,17,19,20)(H,21,22,23)(H,24,25,26);;;;;;. The molecule has 32 heavy (non-hydrogen) atoms. The number of primary sulfonamides is 1. The van der Waals surface area contributed by atoms with Crippen LogP contribution < -0.4 is 5.14 Å². The van der Waals surface area contributed by atoms with E-state index in [-0.39, 0.29) is 121 Å².